The summed E-state index contributed by atoms with van der Waals surface area (Å²) in [6.07, 6.45) is 3.00. The molecule has 0 spiro atoms. The lowest BCUT2D eigenvalue weighted by Gasteiger charge is -2.23. The van der Waals surface area contributed by atoms with Gasteiger partial charge >= 0.3 is 5.97 Å². The van der Waals surface area contributed by atoms with Gasteiger partial charge in [0.2, 0.25) is 0 Å². The van der Waals surface area contributed by atoms with Crippen LogP contribution in [0.2, 0.25) is 5.02 Å². The molecule has 1 aliphatic heterocycles. The Balaban J connectivity index is 1.69. The van der Waals surface area contributed by atoms with E-state index in [1.54, 1.807) is 35.0 Å². The SMILES string of the molecule is O=C(O)C1=CC(c2cccs2)n2ncc(C(=O)Nc3ccc(Cl)cc3)c2N1. The van der Waals surface area contributed by atoms with Crippen molar-refractivity contribution in [1.82, 2.24) is 9.78 Å². The van der Waals surface area contributed by atoms with Gasteiger partial charge in [-0.25, -0.2) is 9.48 Å². The number of carboxylic acids is 1. The van der Waals surface area contributed by atoms with Crippen molar-refractivity contribution in [1.29, 1.82) is 0 Å². The van der Waals surface area contributed by atoms with Crippen LogP contribution in [-0.4, -0.2) is 26.8 Å². The van der Waals surface area contributed by atoms with Crippen molar-refractivity contribution >= 4 is 46.3 Å². The van der Waals surface area contributed by atoms with Crippen molar-refractivity contribution in [2.24, 2.45) is 0 Å². The zero-order valence-corrected chi connectivity index (χ0v) is 15.3. The second-order valence-electron chi connectivity index (χ2n) is 5.78. The number of carboxylic acid groups (broad SMARTS) is 1. The number of rotatable bonds is 4. The van der Waals surface area contributed by atoms with E-state index in [0.29, 0.717) is 16.5 Å². The van der Waals surface area contributed by atoms with Crippen LogP contribution in [0.4, 0.5) is 11.5 Å². The van der Waals surface area contributed by atoms with E-state index in [1.807, 2.05) is 17.5 Å². The number of allylic oxidation sites excluding steroid dienone is 1. The van der Waals surface area contributed by atoms with Crippen LogP contribution >= 0.6 is 22.9 Å². The Kier molecular flexibility index (Phi) is 4.43. The number of aromatic nitrogens is 2. The van der Waals surface area contributed by atoms with E-state index < -0.39 is 17.9 Å². The number of benzene rings is 1. The van der Waals surface area contributed by atoms with E-state index in [1.165, 1.54) is 17.5 Å². The number of nitrogens with one attached hydrogen (secondary N) is 2. The number of amides is 1. The van der Waals surface area contributed by atoms with Crippen molar-refractivity contribution in [2.75, 3.05) is 10.6 Å². The van der Waals surface area contributed by atoms with Gasteiger partial charge in [-0.15, -0.1) is 11.3 Å². The fourth-order valence-corrected chi connectivity index (χ4v) is 3.68. The van der Waals surface area contributed by atoms with Gasteiger partial charge in [0.05, 0.1) is 6.20 Å². The minimum atomic E-state index is -1.10. The third-order valence-corrected chi connectivity index (χ3v) is 5.24. The minimum Gasteiger partial charge on any atom is -0.477 e. The van der Waals surface area contributed by atoms with Crippen molar-refractivity contribution in [3.63, 3.8) is 0 Å². The average molecular weight is 401 g/mol. The molecule has 0 saturated carbocycles. The summed E-state index contributed by atoms with van der Waals surface area (Å²) in [4.78, 5) is 25.2. The Bertz CT molecular complexity index is 1040. The molecule has 0 saturated heterocycles. The molecule has 3 N–H and O–H groups in total. The predicted molar refractivity (Wildman–Crippen MR) is 103 cm³/mol. The molecule has 27 heavy (non-hydrogen) atoms. The van der Waals surface area contributed by atoms with Gasteiger partial charge < -0.3 is 15.7 Å². The highest BCUT2D eigenvalue weighted by molar-refractivity contribution is 7.10. The topological polar surface area (TPSA) is 96.2 Å². The van der Waals surface area contributed by atoms with Crippen LogP contribution in [0.3, 0.4) is 0 Å². The van der Waals surface area contributed by atoms with Gasteiger partial charge in [0.25, 0.3) is 5.91 Å². The van der Waals surface area contributed by atoms with Crippen LogP contribution in [-0.2, 0) is 4.79 Å². The van der Waals surface area contributed by atoms with Crippen molar-refractivity contribution in [3.8, 4) is 0 Å². The molecule has 0 aliphatic carbocycles. The van der Waals surface area contributed by atoms with E-state index >= 15 is 0 Å². The fourth-order valence-electron chi connectivity index (χ4n) is 2.78. The van der Waals surface area contributed by atoms with Crippen LogP contribution in [0.25, 0.3) is 0 Å². The number of nitrogens with zero attached hydrogens (tertiary/aromatic N) is 2. The molecule has 0 fully saturated rings. The Hall–Kier alpha value is -3.10. The zero-order valence-electron chi connectivity index (χ0n) is 13.7. The monoisotopic (exact) mass is 400 g/mol. The first-order chi connectivity index (χ1) is 13.0. The number of carbonyl (C=O) groups is 2. The molecule has 0 radical (unpaired) electrons. The molecule has 3 heterocycles. The van der Waals surface area contributed by atoms with Gasteiger partial charge in [-0.1, -0.05) is 17.7 Å². The molecule has 1 atom stereocenters. The summed E-state index contributed by atoms with van der Waals surface area (Å²) in [5, 5.41) is 21.8. The maximum atomic E-state index is 12.7. The number of thiophene rings is 1. The van der Waals surface area contributed by atoms with Gasteiger partial charge in [-0.05, 0) is 41.8 Å². The molecule has 1 amide bonds. The number of fused-ring (bicyclic) bond motifs is 1. The standard InChI is InChI=1S/C18H13ClN4O3S/c19-10-3-5-11(6-4-10)21-17(24)12-9-20-23-14(15-2-1-7-27-15)8-13(18(25)26)22-16(12)23/h1-9,14,22H,(H,21,24)(H,25,26). The van der Waals surface area contributed by atoms with Crippen LogP contribution in [0.5, 0.6) is 0 Å². The maximum Gasteiger partial charge on any atom is 0.352 e. The maximum absolute atomic E-state index is 12.7. The molecule has 4 rings (SSSR count). The smallest absolute Gasteiger partial charge is 0.352 e. The van der Waals surface area contributed by atoms with Gasteiger partial charge in [0.1, 0.15) is 23.1 Å². The molecule has 9 heteroatoms. The number of aliphatic carboxylic acids is 1. The molecule has 0 bridgehead atoms. The summed E-state index contributed by atoms with van der Waals surface area (Å²) in [6, 6.07) is 10.1. The third kappa shape index (κ3) is 3.32. The van der Waals surface area contributed by atoms with Crippen molar-refractivity contribution in [2.45, 2.75) is 6.04 Å². The number of hydrogen-bond donors (Lipinski definition) is 3. The number of anilines is 2. The summed E-state index contributed by atoms with van der Waals surface area (Å²) in [7, 11) is 0. The van der Waals surface area contributed by atoms with Crippen LogP contribution < -0.4 is 10.6 Å². The van der Waals surface area contributed by atoms with Gasteiger partial charge in [0.15, 0.2) is 0 Å². The van der Waals surface area contributed by atoms with Crippen LogP contribution in [0, 0.1) is 0 Å². The molecular formula is C18H13ClN4O3S. The molecule has 3 aromatic rings. The van der Waals surface area contributed by atoms with E-state index in [-0.39, 0.29) is 11.3 Å². The summed E-state index contributed by atoms with van der Waals surface area (Å²) >= 11 is 7.35. The Morgan fingerprint density at radius 2 is 2.04 bits per heavy atom. The fraction of sp³-hybridized carbons (Fsp3) is 0.0556. The molecule has 1 aromatic carbocycles. The first kappa shape index (κ1) is 17.3. The molecular weight excluding hydrogens is 388 g/mol. The predicted octanol–water partition coefficient (Wildman–Crippen LogP) is 3.83. The lowest BCUT2D eigenvalue weighted by Crippen LogP contribution is -2.25. The van der Waals surface area contributed by atoms with Crippen LogP contribution in [0.15, 0.2) is 59.7 Å². The molecule has 1 aliphatic rings. The number of halogens is 1. The molecule has 7 nitrogen and oxygen atoms in total. The van der Waals surface area contributed by atoms with Gasteiger partial charge in [-0.3, -0.25) is 4.79 Å². The van der Waals surface area contributed by atoms with Gasteiger partial charge in [0, 0.05) is 15.6 Å². The molecule has 2 aromatic heterocycles. The van der Waals surface area contributed by atoms with E-state index in [4.69, 9.17) is 11.6 Å². The molecule has 136 valence electrons. The van der Waals surface area contributed by atoms with E-state index in [9.17, 15) is 14.7 Å². The normalized spacial score (nSPS) is 15.4. The first-order valence-electron chi connectivity index (χ1n) is 7.93. The second kappa shape index (κ2) is 6.90. The third-order valence-electron chi connectivity index (χ3n) is 4.05. The highest BCUT2D eigenvalue weighted by atomic mass is 35.5. The minimum absolute atomic E-state index is 0.00180. The van der Waals surface area contributed by atoms with Crippen molar-refractivity contribution in [3.05, 3.63) is 75.2 Å². The Morgan fingerprint density at radius 3 is 2.70 bits per heavy atom. The van der Waals surface area contributed by atoms with E-state index in [2.05, 4.69) is 15.7 Å². The summed E-state index contributed by atoms with van der Waals surface area (Å²) < 4.78 is 1.61. The summed E-state index contributed by atoms with van der Waals surface area (Å²) in [5.74, 6) is -1.17. The Morgan fingerprint density at radius 1 is 1.26 bits per heavy atom. The zero-order chi connectivity index (χ0) is 19.0. The van der Waals surface area contributed by atoms with Crippen LogP contribution in [0.1, 0.15) is 21.3 Å². The Labute approximate surface area is 162 Å². The van der Waals surface area contributed by atoms with E-state index in [0.717, 1.165) is 4.88 Å². The van der Waals surface area contributed by atoms with Crippen molar-refractivity contribution < 1.29 is 14.7 Å². The number of hydrogen-bond acceptors (Lipinski definition) is 5. The largest absolute Gasteiger partial charge is 0.477 e. The lowest BCUT2D eigenvalue weighted by molar-refractivity contribution is -0.132. The quantitative estimate of drug-likeness (QED) is 0.618. The summed E-state index contributed by atoms with van der Waals surface area (Å²) in [6.45, 7) is 0. The highest BCUT2D eigenvalue weighted by Crippen LogP contribution is 2.34. The second-order valence-corrected chi connectivity index (χ2v) is 7.20. The first-order valence-corrected chi connectivity index (χ1v) is 9.18. The molecule has 1 unspecified atom stereocenters. The lowest BCUT2D eigenvalue weighted by atomic mass is 10.1. The summed E-state index contributed by atoms with van der Waals surface area (Å²) in [5.41, 5.74) is 0.823. The highest BCUT2D eigenvalue weighted by Gasteiger charge is 2.29. The van der Waals surface area contributed by atoms with Gasteiger partial charge in [-0.2, -0.15) is 5.10 Å². The number of carbonyl (C=O) groups excluding carboxylic acids is 1. The average Bonchev–Trinajstić information content (AvgIpc) is 3.32.